The van der Waals surface area contributed by atoms with Gasteiger partial charge in [-0.25, -0.2) is 4.98 Å². The molecule has 1 heterocycles. The molecule has 4 rings (SSSR count). The number of nitrogens with zero attached hydrogens (tertiary/aromatic N) is 1. The maximum atomic E-state index is 12.2. The molecule has 1 aromatic heterocycles. The Morgan fingerprint density at radius 3 is 2.73 bits per heavy atom. The lowest BCUT2D eigenvalue weighted by Gasteiger charge is -2.12. The van der Waals surface area contributed by atoms with E-state index >= 15 is 0 Å². The summed E-state index contributed by atoms with van der Waals surface area (Å²) in [7, 11) is 0. The van der Waals surface area contributed by atoms with Crippen molar-refractivity contribution in [3.05, 3.63) is 87.4 Å². The van der Waals surface area contributed by atoms with Crippen molar-refractivity contribution < 1.29 is 5.32 Å². The number of nitrogens with two attached hydrogens (primary N) is 1. The predicted octanol–water partition coefficient (Wildman–Crippen LogP) is 3.55. The Morgan fingerprint density at radius 1 is 1.08 bits per heavy atom. The van der Waals surface area contributed by atoms with Gasteiger partial charge in [0.2, 0.25) is 0 Å². The van der Waals surface area contributed by atoms with Crippen LogP contribution in [0.3, 0.4) is 0 Å². The van der Waals surface area contributed by atoms with Gasteiger partial charge < -0.3 is 10.3 Å². The molecule has 0 saturated carbocycles. The second-order valence-corrected chi connectivity index (χ2v) is 6.95. The normalized spacial score (nSPS) is 12.5. The summed E-state index contributed by atoms with van der Waals surface area (Å²) >= 11 is 6.02. The maximum absolute atomic E-state index is 12.2. The fourth-order valence-corrected chi connectivity index (χ4v) is 3.34. The van der Waals surface area contributed by atoms with Crippen molar-refractivity contribution in [2.75, 3.05) is 0 Å². The van der Waals surface area contributed by atoms with Gasteiger partial charge in [-0.2, -0.15) is 0 Å². The van der Waals surface area contributed by atoms with Gasteiger partial charge in [0.15, 0.2) is 5.82 Å². The summed E-state index contributed by atoms with van der Waals surface area (Å²) < 4.78 is 0. The van der Waals surface area contributed by atoms with Crippen LogP contribution in [0.25, 0.3) is 21.7 Å². The molecule has 0 radical (unpaired) electrons. The third kappa shape index (κ3) is 3.34. The van der Waals surface area contributed by atoms with Gasteiger partial charge in [0.05, 0.1) is 10.9 Å². The third-order valence-electron chi connectivity index (χ3n) is 4.68. The van der Waals surface area contributed by atoms with Crippen molar-refractivity contribution in [1.29, 1.82) is 0 Å². The smallest absolute Gasteiger partial charge is 0.258 e. The van der Waals surface area contributed by atoms with E-state index in [0.29, 0.717) is 28.3 Å². The van der Waals surface area contributed by atoms with Gasteiger partial charge in [-0.1, -0.05) is 48.0 Å². The molecule has 0 aliphatic rings. The molecule has 26 heavy (non-hydrogen) atoms. The van der Waals surface area contributed by atoms with Crippen molar-refractivity contribution in [3.8, 4) is 0 Å². The molecule has 0 spiro atoms. The van der Waals surface area contributed by atoms with Crippen molar-refractivity contribution >= 4 is 33.3 Å². The number of H-pyrrole nitrogens is 1. The zero-order valence-electron chi connectivity index (χ0n) is 14.4. The van der Waals surface area contributed by atoms with E-state index in [0.717, 1.165) is 0 Å². The lowest BCUT2D eigenvalue weighted by Crippen LogP contribution is -2.83. The molecular formula is C21H19ClN3O+. The Kier molecular flexibility index (Phi) is 4.45. The highest BCUT2D eigenvalue weighted by molar-refractivity contribution is 6.31. The third-order valence-corrected chi connectivity index (χ3v) is 4.92. The van der Waals surface area contributed by atoms with Gasteiger partial charge in [0, 0.05) is 10.6 Å². The first-order valence-electron chi connectivity index (χ1n) is 8.60. The number of aromatic amines is 1. The highest BCUT2D eigenvalue weighted by atomic mass is 35.5. The number of nitrogens with one attached hydrogen (secondary N) is 1. The number of rotatable bonds is 4. The van der Waals surface area contributed by atoms with Crippen molar-refractivity contribution in [3.63, 3.8) is 0 Å². The van der Waals surface area contributed by atoms with Crippen LogP contribution in [0.15, 0.2) is 65.5 Å². The van der Waals surface area contributed by atoms with Crippen molar-refractivity contribution in [2.24, 2.45) is 0 Å². The van der Waals surface area contributed by atoms with Crippen LogP contribution in [0.4, 0.5) is 0 Å². The predicted molar refractivity (Wildman–Crippen MR) is 105 cm³/mol. The van der Waals surface area contributed by atoms with Gasteiger partial charge in [0.25, 0.3) is 5.56 Å². The Balaban J connectivity index is 1.55. The molecule has 5 heteroatoms. The number of hydrogen-bond donors (Lipinski definition) is 2. The number of benzene rings is 3. The zero-order valence-corrected chi connectivity index (χ0v) is 15.1. The molecule has 3 N–H and O–H groups in total. The quantitative estimate of drug-likeness (QED) is 0.581. The van der Waals surface area contributed by atoms with Crippen molar-refractivity contribution in [2.45, 2.75) is 19.5 Å². The van der Waals surface area contributed by atoms with Crippen LogP contribution in [0.1, 0.15) is 24.4 Å². The monoisotopic (exact) mass is 364 g/mol. The highest BCUT2D eigenvalue weighted by Crippen LogP contribution is 2.18. The SMILES string of the molecule is C[C@H]([NH2+]Cc1nc2cc(Cl)ccc2c(=O)[nH]1)c1ccc2ccccc2c1. The molecule has 0 aliphatic carbocycles. The standard InChI is InChI=1S/C21H18ClN3O/c1-13(15-7-6-14-4-2-3-5-16(14)10-15)23-12-20-24-19-11-17(22)8-9-18(19)21(26)25-20/h2-11,13,23H,12H2,1H3,(H,24,25,26)/p+1/t13-/m0/s1. The first kappa shape index (κ1) is 16.8. The largest absolute Gasteiger partial charge is 0.334 e. The molecule has 0 saturated heterocycles. The fraction of sp³-hybridized carbons (Fsp3) is 0.143. The number of hydrogen-bond acceptors (Lipinski definition) is 2. The first-order valence-corrected chi connectivity index (χ1v) is 8.98. The Morgan fingerprint density at radius 2 is 1.88 bits per heavy atom. The molecular weight excluding hydrogens is 346 g/mol. The summed E-state index contributed by atoms with van der Waals surface area (Å²) in [6.07, 6.45) is 0. The van der Waals surface area contributed by atoms with Crippen LogP contribution in [0, 0.1) is 0 Å². The first-order chi connectivity index (χ1) is 12.6. The maximum Gasteiger partial charge on any atom is 0.258 e. The van der Waals surface area contributed by atoms with Crippen LogP contribution in [-0.4, -0.2) is 9.97 Å². The number of quaternary nitrogens is 1. The Labute approximate surface area is 155 Å². The van der Waals surface area contributed by atoms with Gasteiger partial charge in [-0.15, -0.1) is 0 Å². The van der Waals surface area contributed by atoms with E-state index in [1.165, 1.54) is 16.3 Å². The van der Waals surface area contributed by atoms with Crippen LogP contribution in [-0.2, 0) is 6.54 Å². The Bertz CT molecular complexity index is 1150. The average Bonchev–Trinajstić information content (AvgIpc) is 2.65. The molecule has 0 unspecified atom stereocenters. The zero-order chi connectivity index (χ0) is 18.1. The number of fused-ring (bicyclic) bond motifs is 2. The van der Waals surface area contributed by atoms with Gasteiger partial charge >= 0.3 is 0 Å². The van der Waals surface area contributed by atoms with E-state index in [1.54, 1.807) is 18.2 Å². The van der Waals surface area contributed by atoms with Crippen LogP contribution in [0.2, 0.25) is 5.02 Å². The summed E-state index contributed by atoms with van der Waals surface area (Å²) in [6, 6.07) is 20.2. The number of aromatic nitrogens is 2. The molecule has 3 aromatic carbocycles. The van der Waals surface area contributed by atoms with Crippen molar-refractivity contribution in [1.82, 2.24) is 9.97 Å². The van der Waals surface area contributed by atoms with Crippen LogP contribution in [0.5, 0.6) is 0 Å². The lowest BCUT2D eigenvalue weighted by atomic mass is 10.0. The highest BCUT2D eigenvalue weighted by Gasteiger charge is 2.11. The van der Waals surface area contributed by atoms with Gasteiger partial charge in [-0.05, 0) is 42.0 Å². The molecule has 0 fully saturated rings. The summed E-state index contributed by atoms with van der Waals surface area (Å²) in [5.74, 6) is 0.650. The molecule has 4 aromatic rings. The minimum Gasteiger partial charge on any atom is -0.334 e. The molecule has 130 valence electrons. The Hall–Kier alpha value is -2.69. The minimum absolute atomic E-state index is 0.131. The fourth-order valence-electron chi connectivity index (χ4n) is 3.17. The molecule has 4 nitrogen and oxygen atoms in total. The number of halogens is 1. The molecule has 0 aliphatic heterocycles. The summed E-state index contributed by atoms with van der Waals surface area (Å²) in [5.41, 5.74) is 1.74. The molecule has 1 atom stereocenters. The van der Waals surface area contributed by atoms with E-state index in [4.69, 9.17) is 11.6 Å². The molecule has 0 bridgehead atoms. The van der Waals surface area contributed by atoms with E-state index in [-0.39, 0.29) is 11.6 Å². The van der Waals surface area contributed by atoms with Gasteiger partial charge in [-0.3, -0.25) is 4.79 Å². The summed E-state index contributed by atoms with van der Waals surface area (Å²) in [5, 5.41) is 5.77. The van der Waals surface area contributed by atoms with Gasteiger partial charge in [0.1, 0.15) is 12.6 Å². The van der Waals surface area contributed by atoms with E-state index in [1.807, 2.05) is 6.07 Å². The van der Waals surface area contributed by atoms with E-state index in [9.17, 15) is 4.79 Å². The van der Waals surface area contributed by atoms with Crippen LogP contribution < -0.4 is 10.9 Å². The topological polar surface area (TPSA) is 62.4 Å². The molecule has 0 amide bonds. The average molecular weight is 365 g/mol. The van der Waals surface area contributed by atoms with E-state index < -0.39 is 0 Å². The van der Waals surface area contributed by atoms with E-state index in [2.05, 4.69) is 58.6 Å². The summed E-state index contributed by atoms with van der Waals surface area (Å²) in [6.45, 7) is 2.74. The lowest BCUT2D eigenvalue weighted by molar-refractivity contribution is -0.708. The second kappa shape index (κ2) is 6.90. The van der Waals surface area contributed by atoms with Crippen LogP contribution >= 0.6 is 11.6 Å². The second-order valence-electron chi connectivity index (χ2n) is 6.51. The minimum atomic E-state index is -0.131. The summed E-state index contributed by atoms with van der Waals surface area (Å²) in [4.78, 5) is 19.6.